The van der Waals surface area contributed by atoms with Crippen LogP contribution in [0, 0.1) is 0 Å². The maximum atomic E-state index is 11.9. The molecule has 0 spiro atoms. The lowest BCUT2D eigenvalue weighted by Gasteiger charge is -2.37. The molecule has 3 rings (SSSR count). The van der Waals surface area contributed by atoms with E-state index < -0.39 is 5.97 Å². The number of esters is 1. The van der Waals surface area contributed by atoms with Crippen molar-refractivity contribution in [3.8, 4) is 0 Å². The third kappa shape index (κ3) is 3.76. The lowest BCUT2D eigenvalue weighted by Crippen LogP contribution is -2.49. The molecule has 2 saturated heterocycles. The van der Waals surface area contributed by atoms with Gasteiger partial charge in [0.25, 0.3) is 0 Å². The largest absolute Gasteiger partial charge is 0.464 e. The SMILES string of the molecule is COC(=O)c1cc(NC2COC2)nc(N2CCN(C(C)C)CC2)n1. The number of hydrogen-bond acceptors (Lipinski definition) is 8. The Morgan fingerprint density at radius 1 is 1.29 bits per heavy atom. The molecular weight excluding hydrogens is 310 g/mol. The van der Waals surface area contributed by atoms with Gasteiger partial charge in [-0.25, -0.2) is 9.78 Å². The molecule has 2 fully saturated rings. The fourth-order valence-electron chi connectivity index (χ4n) is 2.83. The van der Waals surface area contributed by atoms with Crippen molar-refractivity contribution in [2.75, 3.05) is 56.7 Å². The van der Waals surface area contributed by atoms with Gasteiger partial charge in [0.15, 0.2) is 5.69 Å². The first-order chi connectivity index (χ1) is 11.6. The Labute approximate surface area is 142 Å². The van der Waals surface area contributed by atoms with Gasteiger partial charge in [-0.1, -0.05) is 0 Å². The number of methoxy groups -OCH3 is 1. The van der Waals surface area contributed by atoms with Gasteiger partial charge in [0.05, 0.1) is 26.4 Å². The van der Waals surface area contributed by atoms with Crippen molar-refractivity contribution in [3.63, 3.8) is 0 Å². The summed E-state index contributed by atoms with van der Waals surface area (Å²) in [5.74, 6) is 0.761. The van der Waals surface area contributed by atoms with Crippen LogP contribution in [0.25, 0.3) is 0 Å². The van der Waals surface area contributed by atoms with Crippen LogP contribution in [0.1, 0.15) is 24.3 Å². The van der Waals surface area contributed by atoms with Crippen LogP contribution in [0.5, 0.6) is 0 Å². The third-order valence-corrected chi connectivity index (χ3v) is 4.43. The number of ether oxygens (including phenoxy) is 2. The number of carbonyl (C=O) groups is 1. The van der Waals surface area contributed by atoms with Gasteiger partial charge in [-0.2, -0.15) is 4.98 Å². The molecule has 0 amide bonds. The highest BCUT2D eigenvalue weighted by molar-refractivity contribution is 5.88. The van der Waals surface area contributed by atoms with Gasteiger partial charge in [-0.15, -0.1) is 0 Å². The summed E-state index contributed by atoms with van der Waals surface area (Å²) < 4.78 is 9.99. The van der Waals surface area contributed by atoms with E-state index in [1.807, 2.05) is 0 Å². The highest BCUT2D eigenvalue weighted by atomic mass is 16.5. The minimum Gasteiger partial charge on any atom is -0.464 e. The summed E-state index contributed by atoms with van der Waals surface area (Å²) in [5.41, 5.74) is 0.275. The summed E-state index contributed by atoms with van der Waals surface area (Å²) in [6, 6.07) is 2.40. The minimum absolute atomic E-state index is 0.232. The average molecular weight is 335 g/mol. The summed E-state index contributed by atoms with van der Waals surface area (Å²) >= 11 is 0. The van der Waals surface area contributed by atoms with Crippen LogP contribution in [-0.2, 0) is 9.47 Å². The molecule has 0 radical (unpaired) electrons. The zero-order valence-electron chi connectivity index (χ0n) is 14.5. The fraction of sp³-hybridized carbons (Fsp3) is 0.688. The molecular formula is C16H25N5O3. The van der Waals surface area contributed by atoms with Crippen molar-refractivity contribution >= 4 is 17.7 Å². The van der Waals surface area contributed by atoms with Crippen LogP contribution in [0.4, 0.5) is 11.8 Å². The maximum absolute atomic E-state index is 11.9. The molecule has 8 heteroatoms. The first-order valence-corrected chi connectivity index (χ1v) is 8.37. The van der Waals surface area contributed by atoms with E-state index in [1.54, 1.807) is 6.07 Å². The number of aromatic nitrogens is 2. The number of nitrogens with zero attached hydrogens (tertiary/aromatic N) is 4. The molecule has 1 N–H and O–H groups in total. The molecule has 1 aromatic heterocycles. The second-order valence-corrected chi connectivity index (χ2v) is 6.43. The molecule has 2 aliphatic heterocycles. The summed E-state index contributed by atoms with van der Waals surface area (Å²) in [5, 5.41) is 3.28. The van der Waals surface area contributed by atoms with Crippen molar-refractivity contribution in [2.24, 2.45) is 0 Å². The summed E-state index contributed by atoms with van der Waals surface area (Å²) in [6.45, 7) is 9.31. The van der Waals surface area contributed by atoms with Gasteiger partial charge in [0.1, 0.15) is 5.82 Å². The van der Waals surface area contributed by atoms with Gasteiger partial charge in [-0.05, 0) is 13.8 Å². The second-order valence-electron chi connectivity index (χ2n) is 6.43. The van der Waals surface area contributed by atoms with Crippen molar-refractivity contribution in [3.05, 3.63) is 11.8 Å². The summed E-state index contributed by atoms with van der Waals surface area (Å²) in [6.07, 6.45) is 0. The van der Waals surface area contributed by atoms with Gasteiger partial charge >= 0.3 is 5.97 Å². The predicted molar refractivity (Wildman–Crippen MR) is 90.5 cm³/mol. The summed E-state index contributed by atoms with van der Waals surface area (Å²) in [7, 11) is 1.36. The van der Waals surface area contributed by atoms with Gasteiger partial charge in [0, 0.05) is 38.3 Å². The van der Waals surface area contributed by atoms with Crippen LogP contribution in [0.2, 0.25) is 0 Å². The van der Waals surface area contributed by atoms with Crippen LogP contribution in [-0.4, -0.2) is 79.4 Å². The molecule has 3 heterocycles. The second kappa shape index (κ2) is 7.31. The monoisotopic (exact) mass is 335 g/mol. The number of carbonyl (C=O) groups excluding carboxylic acids is 1. The van der Waals surface area contributed by atoms with E-state index in [4.69, 9.17) is 9.47 Å². The number of anilines is 2. The molecule has 0 unspecified atom stereocenters. The van der Waals surface area contributed by atoms with E-state index in [2.05, 4.69) is 38.9 Å². The lowest BCUT2D eigenvalue weighted by molar-refractivity contribution is 0.0209. The molecule has 8 nitrogen and oxygen atoms in total. The molecule has 132 valence electrons. The Morgan fingerprint density at radius 3 is 2.54 bits per heavy atom. The quantitative estimate of drug-likeness (QED) is 0.784. The van der Waals surface area contributed by atoms with Crippen molar-refractivity contribution in [1.29, 1.82) is 0 Å². The Morgan fingerprint density at radius 2 is 2.00 bits per heavy atom. The number of hydrogen-bond donors (Lipinski definition) is 1. The topological polar surface area (TPSA) is 79.8 Å². The van der Waals surface area contributed by atoms with Gasteiger partial charge < -0.3 is 19.7 Å². The molecule has 24 heavy (non-hydrogen) atoms. The molecule has 2 aliphatic rings. The van der Waals surface area contributed by atoms with E-state index in [-0.39, 0.29) is 11.7 Å². The Bertz CT molecular complexity index is 583. The normalized spacial score (nSPS) is 19.2. The fourth-order valence-corrected chi connectivity index (χ4v) is 2.83. The van der Waals surface area contributed by atoms with Crippen LogP contribution in [0.15, 0.2) is 6.07 Å². The smallest absolute Gasteiger partial charge is 0.356 e. The minimum atomic E-state index is -0.452. The molecule has 0 aromatic carbocycles. The maximum Gasteiger partial charge on any atom is 0.356 e. The van der Waals surface area contributed by atoms with E-state index >= 15 is 0 Å². The first kappa shape index (κ1) is 16.9. The molecule has 0 saturated carbocycles. The molecule has 0 bridgehead atoms. The van der Waals surface area contributed by atoms with Gasteiger partial charge in [0.2, 0.25) is 5.95 Å². The average Bonchev–Trinajstić information content (AvgIpc) is 2.57. The van der Waals surface area contributed by atoms with Crippen LogP contribution >= 0.6 is 0 Å². The van der Waals surface area contributed by atoms with Gasteiger partial charge in [-0.3, -0.25) is 4.90 Å². The van der Waals surface area contributed by atoms with E-state index in [1.165, 1.54) is 7.11 Å². The highest BCUT2D eigenvalue weighted by Crippen LogP contribution is 2.19. The van der Waals surface area contributed by atoms with E-state index in [0.717, 1.165) is 26.2 Å². The molecule has 0 atom stereocenters. The van der Waals surface area contributed by atoms with E-state index in [9.17, 15) is 4.79 Å². The number of piperazine rings is 1. The lowest BCUT2D eigenvalue weighted by atomic mass is 10.2. The summed E-state index contributed by atoms with van der Waals surface area (Å²) in [4.78, 5) is 25.4. The zero-order valence-corrected chi connectivity index (χ0v) is 14.5. The third-order valence-electron chi connectivity index (χ3n) is 4.43. The molecule has 1 aromatic rings. The number of rotatable bonds is 5. The Kier molecular flexibility index (Phi) is 5.15. The van der Waals surface area contributed by atoms with E-state index in [0.29, 0.717) is 31.0 Å². The van der Waals surface area contributed by atoms with Crippen molar-refractivity contribution < 1.29 is 14.3 Å². The molecule has 0 aliphatic carbocycles. The number of nitrogens with one attached hydrogen (secondary N) is 1. The zero-order chi connectivity index (χ0) is 17.1. The highest BCUT2D eigenvalue weighted by Gasteiger charge is 2.24. The Hall–Kier alpha value is -1.93. The van der Waals surface area contributed by atoms with Crippen molar-refractivity contribution in [2.45, 2.75) is 25.9 Å². The van der Waals surface area contributed by atoms with Crippen molar-refractivity contribution in [1.82, 2.24) is 14.9 Å². The first-order valence-electron chi connectivity index (χ1n) is 8.37. The van der Waals surface area contributed by atoms with Crippen LogP contribution in [0.3, 0.4) is 0 Å². The van der Waals surface area contributed by atoms with Crippen LogP contribution < -0.4 is 10.2 Å². The predicted octanol–water partition coefficient (Wildman–Crippen LogP) is 0.604. The Balaban J connectivity index is 1.78. The standard InChI is InChI=1S/C16H25N5O3/c1-11(2)20-4-6-21(7-5-20)16-18-13(15(22)23-3)8-14(19-16)17-12-9-24-10-12/h8,11-12H,4-7,9-10H2,1-3H3,(H,17,18,19).